The fourth-order valence-electron chi connectivity index (χ4n) is 2.59. The van der Waals surface area contributed by atoms with Gasteiger partial charge in [-0.2, -0.15) is 0 Å². The second-order valence-electron chi connectivity index (χ2n) is 4.89. The average Bonchev–Trinajstić information content (AvgIpc) is 3.02. The number of hydrogen-bond acceptors (Lipinski definition) is 4. The van der Waals surface area contributed by atoms with Gasteiger partial charge in [0.2, 0.25) is 0 Å². The summed E-state index contributed by atoms with van der Waals surface area (Å²) >= 11 is 1.62. The second kappa shape index (κ2) is 4.17. The van der Waals surface area contributed by atoms with E-state index in [2.05, 4.69) is 0 Å². The highest BCUT2D eigenvalue weighted by atomic mass is 32.1. The fourth-order valence-corrected chi connectivity index (χ4v) is 3.36. The van der Waals surface area contributed by atoms with Crippen molar-refractivity contribution >= 4 is 44.6 Å². The molecule has 1 aliphatic heterocycles. The van der Waals surface area contributed by atoms with Gasteiger partial charge < -0.3 is 5.73 Å². The summed E-state index contributed by atoms with van der Waals surface area (Å²) in [4.78, 5) is 26.2. The number of imide groups is 1. The average molecular weight is 294 g/mol. The molecule has 4 rings (SSSR count). The van der Waals surface area contributed by atoms with Crippen LogP contribution in [0, 0.1) is 0 Å². The van der Waals surface area contributed by atoms with Crippen molar-refractivity contribution in [2.75, 3.05) is 10.6 Å². The number of hydrogen-bond donors (Lipinski definition) is 1. The fraction of sp³-hybridized carbons (Fsp3) is 0. The standard InChI is InChI=1S/C16H10N2O2S/c17-10-1-3-12-13(8-10)16(20)18(15(12)19)11-2-4-14-9(7-11)5-6-21-14/h1-8H,17H2. The minimum atomic E-state index is -0.322. The van der Waals surface area contributed by atoms with Gasteiger partial charge in [-0.05, 0) is 53.2 Å². The van der Waals surface area contributed by atoms with Crippen molar-refractivity contribution in [1.29, 1.82) is 0 Å². The molecule has 3 aromatic rings. The van der Waals surface area contributed by atoms with Crippen LogP contribution < -0.4 is 10.6 Å². The van der Waals surface area contributed by atoms with E-state index in [0.717, 1.165) is 10.1 Å². The lowest BCUT2D eigenvalue weighted by Crippen LogP contribution is -2.29. The van der Waals surface area contributed by atoms with Crippen LogP contribution in [0.5, 0.6) is 0 Å². The molecule has 0 saturated carbocycles. The summed E-state index contributed by atoms with van der Waals surface area (Å²) < 4.78 is 1.12. The molecule has 21 heavy (non-hydrogen) atoms. The minimum absolute atomic E-state index is 0.301. The molecule has 1 aromatic heterocycles. The van der Waals surface area contributed by atoms with Crippen molar-refractivity contribution < 1.29 is 9.59 Å². The number of nitrogens with two attached hydrogens (primary N) is 1. The zero-order chi connectivity index (χ0) is 14.6. The number of nitrogen functional groups attached to an aromatic ring is 1. The number of thiophene rings is 1. The van der Waals surface area contributed by atoms with Gasteiger partial charge in [0, 0.05) is 10.4 Å². The van der Waals surface area contributed by atoms with Crippen LogP contribution in [0.1, 0.15) is 20.7 Å². The molecule has 0 radical (unpaired) electrons. The Balaban J connectivity index is 1.86. The maximum Gasteiger partial charge on any atom is 0.266 e. The monoisotopic (exact) mass is 294 g/mol. The Hall–Kier alpha value is -2.66. The van der Waals surface area contributed by atoms with Crippen molar-refractivity contribution in [2.45, 2.75) is 0 Å². The summed E-state index contributed by atoms with van der Waals surface area (Å²) in [5.41, 5.74) is 7.54. The highest BCUT2D eigenvalue weighted by molar-refractivity contribution is 7.17. The summed E-state index contributed by atoms with van der Waals surface area (Å²) in [5.74, 6) is -0.624. The van der Waals surface area contributed by atoms with E-state index in [1.165, 1.54) is 4.90 Å². The van der Waals surface area contributed by atoms with Gasteiger partial charge in [0.15, 0.2) is 0 Å². The Morgan fingerprint density at radius 3 is 2.57 bits per heavy atom. The van der Waals surface area contributed by atoms with Crippen molar-refractivity contribution in [2.24, 2.45) is 0 Å². The first-order chi connectivity index (χ1) is 10.1. The third-order valence-corrected chi connectivity index (χ3v) is 4.50. The minimum Gasteiger partial charge on any atom is -0.399 e. The van der Waals surface area contributed by atoms with Gasteiger partial charge in [0.25, 0.3) is 11.8 Å². The Morgan fingerprint density at radius 2 is 1.71 bits per heavy atom. The van der Waals surface area contributed by atoms with Crippen LogP contribution in [-0.2, 0) is 0 Å². The number of benzene rings is 2. The van der Waals surface area contributed by atoms with Gasteiger partial charge in [-0.25, -0.2) is 4.90 Å². The molecule has 102 valence electrons. The maximum absolute atomic E-state index is 12.5. The van der Waals surface area contributed by atoms with Crippen molar-refractivity contribution in [3.8, 4) is 0 Å². The first kappa shape index (κ1) is 12.1. The van der Waals surface area contributed by atoms with E-state index in [9.17, 15) is 9.59 Å². The quantitative estimate of drug-likeness (QED) is 0.553. The number of nitrogens with zero attached hydrogens (tertiary/aromatic N) is 1. The molecule has 0 unspecified atom stereocenters. The smallest absolute Gasteiger partial charge is 0.266 e. The maximum atomic E-state index is 12.5. The van der Waals surface area contributed by atoms with Gasteiger partial charge in [-0.3, -0.25) is 9.59 Å². The molecule has 0 fully saturated rings. The van der Waals surface area contributed by atoms with Crippen molar-refractivity contribution in [3.63, 3.8) is 0 Å². The summed E-state index contributed by atoms with van der Waals surface area (Å²) in [6, 6.07) is 12.3. The number of carbonyl (C=O) groups excluding carboxylic acids is 2. The van der Waals surface area contributed by atoms with Gasteiger partial charge in [0.1, 0.15) is 0 Å². The number of carbonyl (C=O) groups is 2. The van der Waals surface area contributed by atoms with Crippen LogP contribution in [0.3, 0.4) is 0 Å². The molecule has 4 nitrogen and oxygen atoms in total. The second-order valence-corrected chi connectivity index (χ2v) is 5.84. The van der Waals surface area contributed by atoms with Gasteiger partial charge in [-0.1, -0.05) is 0 Å². The first-order valence-electron chi connectivity index (χ1n) is 6.41. The largest absolute Gasteiger partial charge is 0.399 e. The SMILES string of the molecule is Nc1ccc2c(c1)C(=O)N(c1ccc3sccc3c1)C2=O. The van der Waals surface area contributed by atoms with Crippen molar-refractivity contribution in [3.05, 3.63) is 59.0 Å². The molecule has 2 aromatic carbocycles. The molecular weight excluding hydrogens is 284 g/mol. The van der Waals surface area contributed by atoms with E-state index in [4.69, 9.17) is 5.73 Å². The van der Waals surface area contributed by atoms with E-state index in [1.54, 1.807) is 35.6 Å². The highest BCUT2D eigenvalue weighted by Crippen LogP contribution is 2.32. The molecule has 0 saturated heterocycles. The molecule has 1 aliphatic rings. The summed E-state index contributed by atoms with van der Waals surface area (Å²) in [6.45, 7) is 0. The molecule has 2 amide bonds. The van der Waals surface area contributed by atoms with Gasteiger partial charge in [0.05, 0.1) is 16.8 Å². The number of amides is 2. The van der Waals surface area contributed by atoms with Crippen molar-refractivity contribution in [1.82, 2.24) is 0 Å². The highest BCUT2D eigenvalue weighted by Gasteiger charge is 2.36. The molecule has 0 aliphatic carbocycles. The van der Waals surface area contributed by atoms with E-state index in [-0.39, 0.29) is 11.8 Å². The Morgan fingerprint density at radius 1 is 0.905 bits per heavy atom. The molecule has 2 heterocycles. The van der Waals surface area contributed by atoms with E-state index in [1.807, 2.05) is 23.6 Å². The topological polar surface area (TPSA) is 63.4 Å². The zero-order valence-electron chi connectivity index (χ0n) is 10.9. The molecule has 5 heteroatoms. The predicted molar refractivity (Wildman–Crippen MR) is 83.8 cm³/mol. The van der Waals surface area contributed by atoms with Crippen LogP contribution in [-0.4, -0.2) is 11.8 Å². The zero-order valence-corrected chi connectivity index (χ0v) is 11.7. The summed E-state index contributed by atoms with van der Waals surface area (Å²) in [5, 5.41) is 3.01. The molecule has 0 atom stereocenters. The molecular formula is C16H10N2O2S. The lowest BCUT2D eigenvalue weighted by molar-refractivity contribution is 0.0926. The van der Waals surface area contributed by atoms with E-state index >= 15 is 0 Å². The van der Waals surface area contributed by atoms with E-state index in [0.29, 0.717) is 22.5 Å². The summed E-state index contributed by atoms with van der Waals surface area (Å²) in [6.07, 6.45) is 0. The number of anilines is 2. The Labute approximate surface area is 124 Å². The van der Waals surface area contributed by atoms with Crippen LogP contribution >= 0.6 is 11.3 Å². The van der Waals surface area contributed by atoms with Crippen LogP contribution in [0.25, 0.3) is 10.1 Å². The Kier molecular flexibility index (Phi) is 2.40. The number of rotatable bonds is 1. The van der Waals surface area contributed by atoms with Crippen LogP contribution in [0.2, 0.25) is 0 Å². The third kappa shape index (κ3) is 1.68. The molecule has 0 spiro atoms. The summed E-state index contributed by atoms with van der Waals surface area (Å²) in [7, 11) is 0. The third-order valence-electron chi connectivity index (χ3n) is 3.60. The van der Waals surface area contributed by atoms with Crippen LogP contribution in [0.4, 0.5) is 11.4 Å². The lowest BCUT2D eigenvalue weighted by atomic mass is 10.1. The first-order valence-corrected chi connectivity index (χ1v) is 7.29. The van der Waals surface area contributed by atoms with Crippen LogP contribution in [0.15, 0.2) is 47.8 Å². The lowest BCUT2D eigenvalue weighted by Gasteiger charge is -2.13. The predicted octanol–water partition coefficient (Wildman–Crippen LogP) is 3.28. The Bertz CT molecular complexity index is 914. The van der Waals surface area contributed by atoms with E-state index < -0.39 is 0 Å². The van der Waals surface area contributed by atoms with Gasteiger partial charge in [-0.15, -0.1) is 11.3 Å². The normalized spacial score (nSPS) is 14.0. The number of fused-ring (bicyclic) bond motifs is 2. The molecule has 0 bridgehead atoms. The van der Waals surface area contributed by atoms with Gasteiger partial charge >= 0.3 is 0 Å². The molecule has 2 N–H and O–H groups in total.